The van der Waals surface area contributed by atoms with E-state index in [1.54, 1.807) is 13.1 Å². The number of amides is 1. The second-order valence-electron chi connectivity index (χ2n) is 6.37. The van der Waals surface area contributed by atoms with Crippen LogP contribution < -0.4 is 0 Å². The maximum Gasteiger partial charge on any atom is 0.326 e. The molecule has 6 heteroatoms. The molecule has 2 aromatic rings. The smallest absolute Gasteiger partial charge is 0.326 e. The van der Waals surface area contributed by atoms with Gasteiger partial charge in [0, 0.05) is 35.6 Å². The van der Waals surface area contributed by atoms with Crippen molar-refractivity contribution >= 4 is 28.6 Å². The van der Waals surface area contributed by atoms with Crippen molar-refractivity contribution in [1.82, 2.24) is 9.88 Å². The van der Waals surface area contributed by atoms with Gasteiger partial charge in [-0.2, -0.15) is 0 Å². The molecule has 1 aliphatic rings. The lowest BCUT2D eigenvalue weighted by atomic mass is 10.1. The Labute approximate surface area is 146 Å². The zero-order chi connectivity index (χ0) is 17.8. The molecule has 0 aliphatic carbocycles. The van der Waals surface area contributed by atoms with E-state index in [1.807, 2.05) is 24.3 Å². The molecule has 2 heterocycles. The molecule has 1 atom stereocenters. The van der Waals surface area contributed by atoms with Crippen LogP contribution >= 0.6 is 0 Å². The number of nitrogens with one attached hydrogen (secondary N) is 1. The van der Waals surface area contributed by atoms with Gasteiger partial charge in [0.05, 0.1) is 0 Å². The average Bonchev–Trinajstić information content (AvgIpc) is 2.93. The first-order valence-corrected chi connectivity index (χ1v) is 8.64. The van der Waals surface area contributed by atoms with E-state index in [-0.39, 0.29) is 18.2 Å². The van der Waals surface area contributed by atoms with Crippen molar-refractivity contribution in [2.24, 2.45) is 0 Å². The van der Waals surface area contributed by atoms with E-state index < -0.39 is 12.1 Å². The summed E-state index contributed by atoms with van der Waals surface area (Å²) >= 11 is 0. The molecule has 1 amide bonds. The number of ether oxygens (including phenoxy) is 1. The SMILES string of the molecule is CC(OC(=O)CN1CCCCCC1=O)C(=O)c1c[nH]c2ccccc12. The summed E-state index contributed by atoms with van der Waals surface area (Å²) in [5.74, 6) is -0.825. The predicted molar refractivity (Wildman–Crippen MR) is 93.2 cm³/mol. The highest BCUT2D eigenvalue weighted by Crippen LogP contribution is 2.20. The predicted octanol–water partition coefficient (Wildman–Crippen LogP) is 2.68. The number of fused-ring (bicyclic) bond motifs is 1. The quantitative estimate of drug-likeness (QED) is 0.669. The fourth-order valence-electron chi connectivity index (χ4n) is 3.14. The number of H-pyrrole nitrogens is 1. The number of benzene rings is 1. The molecule has 1 fully saturated rings. The zero-order valence-corrected chi connectivity index (χ0v) is 14.3. The van der Waals surface area contributed by atoms with E-state index >= 15 is 0 Å². The Morgan fingerprint density at radius 1 is 1.24 bits per heavy atom. The number of carbonyl (C=O) groups is 3. The molecule has 1 aromatic carbocycles. The number of hydrogen-bond acceptors (Lipinski definition) is 4. The van der Waals surface area contributed by atoms with Crippen LogP contribution in [0.25, 0.3) is 10.9 Å². The molecule has 1 aliphatic heterocycles. The summed E-state index contributed by atoms with van der Waals surface area (Å²) in [6.45, 7) is 2.04. The number of esters is 1. The van der Waals surface area contributed by atoms with Crippen molar-refractivity contribution in [3.8, 4) is 0 Å². The highest BCUT2D eigenvalue weighted by molar-refractivity contribution is 6.10. The van der Waals surface area contributed by atoms with Crippen molar-refractivity contribution in [2.75, 3.05) is 13.1 Å². The maximum absolute atomic E-state index is 12.6. The lowest BCUT2D eigenvalue weighted by Crippen LogP contribution is -2.37. The number of aromatic amines is 1. The van der Waals surface area contributed by atoms with E-state index in [2.05, 4.69) is 4.98 Å². The number of ketones is 1. The molecule has 1 N–H and O–H groups in total. The van der Waals surface area contributed by atoms with Gasteiger partial charge in [-0.25, -0.2) is 0 Å². The van der Waals surface area contributed by atoms with Gasteiger partial charge in [0.25, 0.3) is 0 Å². The minimum Gasteiger partial charge on any atom is -0.453 e. The second kappa shape index (κ2) is 7.51. The largest absolute Gasteiger partial charge is 0.453 e. The molecule has 25 heavy (non-hydrogen) atoms. The molecule has 1 saturated heterocycles. The van der Waals surface area contributed by atoms with Crippen molar-refractivity contribution in [3.05, 3.63) is 36.0 Å². The van der Waals surface area contributed by atoms with Gasteiger partial charge in [-0.1, -0.05) is 24.6 Å². The van der Waals surface area contributed by atoms with Crippen molar-refractivity contribution in [1.29, 1.82) is 0 Å². The van der Waals surface area contributed by atoms with Gasteiger partial charge in [-0.05, 0) is 25.8 Å². The maximum atomic E-state index is 12.6. The van der Waals surface area contributed by atoms with Crippen LogP contribution in [0.2, 0.25) is 0 Å². The summed E-state index contributed by atoms with van der Waals surface area (Å²) in [6.07, 6.45) is 3.95. The van der Waals surface area contributed by atoms with Crippen LogP contribution in [0.4, 0.5) is 0 Å². The van der Waals surface area contributed by atoms with E-state index in [4.69, 9.17) is 4.74 Å². The highest BCUT2D eigenvalue weighted by atomic mass is 16.5. The molecule has 1 aromatic heterocycles. The summed E-state index contributed by atoms with van der Waals surface area (Å²) in [4.78, 5) is 41.2. The summed E-state index contributed by atoms with van der Waals surface area (Å²) in [5, 5.41) is 0.804. The first-order chi connectivity index (χ1) is 12.1. The minimum absolute atomic E-state index is 0.0231. The van der Waals surface area contributed by atoms with Gasteiger partial charge < -0.3 is 14.6 Å². The summed E-state index contributed by atoms with van der Waals surface area (Å²) < 4.78 is 5.28. The average molecular weight is 342 g/mol. The third-order valence-corrected chi connectivity index (χ3v) is 4.52. The Bertz CT molecular complexity index is 796. The Balaban J connectivity index is 1.63. The van der Waals surface area contributed by atoms with E-state index in [1.165, 1.54) is 4.90 Å². The summed E-state index contributed by atoms with van der Waals surface area (Å²) in [6, 6.07) is 7.47. The van der Waals surface area contributed by atoms with Crippen LogP contribution in [-0.2, 0) is 14.3 Å². The van der Waals surface area contributed by atoms with E-state index in [9.17, 15) is 14.4 Å². The molecule has 132 valence electrons. The first kappa shape index (κ1) is 17.2. The number of likely N-dealkylation sites (tertiary alicyclic amines) is 1. The number of para-hydroxylation sites is 1. The molecule has 0 radical (unpaired) electrons. The van der Waals surface area contributed by atoms with Gasteiger partial charge in [-0.3, -0.25) is 14.4 Å². The third kappa shape index (κ3) is 3.90. The zero-order valence-electron chi connectivity index (χ0n) is 14.3. The standard InChI is InChI=1S/C19H22N2O4/c1-13(19(24)15-11-20-16-8-5-4-7-14(15)16)25-18(23)12-21-10-6-2-3-9-17(21)22/h4-5,7-8,11,13,20H,2-3,6,9-10,12H2,1H3. The number of rotatable bonds is 5. The third-order valence-electron chi connectivity index (χ3n) is 4.52. The van der Waals surface area contributed by atoms with Gasteiger partial charge in [-0.15, -0.1) is 0 Å². The van der Waals surface area contributed by atoms with Gasteiger partial charge in [0.1, 0.15) is 6.54 Å². The number of nitrogens with zero attached hydrogens (tertiary/aromatic N) is 1. The number of aromatic nitrogens is 1. The van der Waals surface area contributed by atoms with Crippen molar-refractivity contribution in [2.45, 2.75) is 38.7 Å². The van der Waals surface area contributed by atoms with Gasteiger partial charge in [0.15, 0.2) is 6.10 Å². The van der Waals surface area contributed by atoms with E-state index in [0.29, 0.717) is 18.5 Å². The van der Waals surface area contributed by atoms with Crippen LogP contribution in [0.1, 0.15) is 43.0 Å². The van der Waals surface area contributed by atoms with Gasteiger partial charge in [0.2, 0.25) is 11.7 Å². The lowest BCUT2D eigenvalue weighted by Gasteiger charge is -2.20. The number of hydrogen-bond donors (Lipinski definition) is 1. The fraction of sp³-hybridized carbons (Fsp3) is 0.421. The van der Waals surface area contributed by atoms with E-state index in [0.717, 1.165) is 30.2 Å². The molecular formula is C19H22N2O4. The lowest BCUT2D eigenvalue weighted by molar-refractivity contribution is -0.151. The van der Waals surface area contributed by atoms with Crippen molar-refractivity contribution < 1.29 is 19.1 Å². The Hall–Kier alpha value is -2.63. The van der Waals surface area contributed by atoms with Crippen LogP contribution in [-0.4, -0.2) is 46.7 Å². The minimum atomic E-state index is -0.895. The number of carbonyl (C=O) groups excluding carboxylic acids is 3. The number of Topliss-reactive ketones (excluding diaryl/α,β-unsaturated/α-hetero) is 1. The topological polar surface area (TPSA) is 79.5 Å². The monoisotopic (exact) mass is 342 g/mol. The molecular weight excluding hydrogens is 320 g/mol. The van der Waals surface area contributed by atoms with Gasteiger partial charge >= 0.3 is 5.97 Å². The normalized spacial score (nSPS) is 16.5. The first-order valence-electron chi connectivity index (χ1n) is 8.64. The van der Waals surface area contributed by atoms with Crippen molar-refractivity contribution in [3.63, 3.8) is 0 Å². The fourth-order valence-corrected chi connectivity index (χ4v) is 3.14. The Morgan fingerprint density at radius 2 is 2.04 bits per heavy atom. The highest BCUT2D eigenvalue weighted by Gasteiger charge is 2.25. The molecule has 6 nitrogen and oxygen atoms in total. The molecule has 3 rings (SSSR count). The second-order valence-corrected chi connectivity index (χ2v) is 6.37. The van der Waals surface area contributed by atoms with Crippen LogP contribution in [0, 0.1) is 0 Å². The van der Waals surface area contributed by atoms with Crippen LogP contribution in [0.3, 0.4) is 0 Å². The molecule has 1 unspecified atom stereocenters. The summed E-state index contributed by atoms with van der Waals surface area (Å²) in [7, 11) is 0. The van der Waals surface area contributed by atoms with Crippen LogP contribution in [0.15, 0.2) is 30.5 Å². The molecule has 0 spiro atoms. The Morgan fingerprint density at radius 3 is 2.88 bits per heavy atom. The molecule has 0 bridgehead atoms. The Kier molecular flexibility index (Phi) is 5.16. The summed E-state index contributed by atoms with van der Waals surface area (Å²) in [5.41, 5.74) is 1.36. The molecule has 0 saturated carbocycles. The van der Waals surface area contributed by atoms with Crippen LogP contribution in [0.5, 0.6) is 0 Å².